The van der Waals surface area contributed by atoms with E-state index in [0.717, 1.165) is 28.1 Å². The second-order valence-corrected chi connectivity index (χ2v) is 7.01. The number of rotatable bonds is 5. The molecule has 5 nitrogen and oxygen atoms in total. The average molecular weight is 424 g/mol. The molecule has 0 radical (unpaired) electrons. The van der Waals surface area contributed by atoms with Gasteiger partial charge in [0.1, 0.15) is 0 Å². The number of aromatic nitrogens is 2. The topological polar surface area (TPSA) is 69.8 Å². The standard InChI is InChI=1S/C23H19F3N4O/c24-23(25,26)19-8-2-4-10-21(19)30-22(31)29-13-17(15-6-5-11-27-12-15)18-14-28-20-9-3-1-7-16(18)20/h1-12,14,17,28H,13H2,(H2,29,30,31). The molecule has 0 aliphatic carbocycles. The van der Waals surface area contributed by atoms with Gasteiger partial charge in [-0.2, -0.15) is 13.2 Å². The lowest BCUT2D eigenvalue weighted by Gasteiger charge is -2.19. The Balaban J connectivity index is 1.56. The van der Waals surface area contributed by atoms with E-state index < -0.39 is 17.8 Å². The number of H-pyrrole nitrogens is 1. The van der Waals surface area contributed by atoms with Gasteiger partial charge in [0.2, 0.25) is 0 Å². The van der Waals surface area contributed by atoms with Crippen molar-refractivity contribution in [2.45, 2.75) is 12.1 Å². The highest BCUT2D eigenvalue weighted by molar-refractivity contribution is 5.90. The number of hydrogen-bond acceptors (Lipinski definition) is 2. The second-order valence-electron chi connectivity index (χ2n) is 7.01. The molecule has 2 amide bonds. The zero-order chi connectivity index (χ0) is 21.8. The van der Waals surface area contributed by atoms with Crippen LogP contribution in [0.25, 0.3) is 10.9 Å². The van der Waals surface area contributed by atoms with E-state index in [9.17, 15) is 18.0 Å². The van der Waals surface area contributed by atoms with Crippen LogP contribution in [0.15, 0.2) is 79.3 Å². The van der Waals surface area contributed by atoms with E-state index in [2.05, 4.69) is 20.6 Å². The molecule has 0 bridgehead atoms. The molecular formula is C23H19F3N4O. The van der Waals surface area contributed by atoms with Crippen molar-refractivity contribution in [2.24, 2.45) is 0 Å². The number of benzene rings is 2. The van der Waals surface area contributed by atoms with Crippen LogP contribution in [0.1, 0.15) is 22.6 Å². The lowest BCUT2D eigenvalue weighted by molar-refractivity contribution is -0.136. The Kier molecular flexibility index (Phi) is 5.62. The SMILES string of the molecule is O=C(NCC(c1cccnc1)c1c[nH]c2ccccc12)Nc1ccccc1C(F)(F)F. The maximum atomic E-state index is 13.2. The van der Waals surface area contributed by atoms with Crippen LogP contribution in [-0.2, 0) is 6.18 Å². The number of carbonyl (C=O) groups is 1. The van der Waals surface area contributed by atoms with Gasteiger partial charge in [0.15, 0.2) is 0 Å². The molecule has 0 saturated carbocycles. The Bertz CT molecular complexity index is 1190. The minimum atomic E-state index is -4.56. The number of nitrogens with zero attached hydrogens (tertiary/aromatic N) is 1. The summed E-state index contributed by atoms with van der Waals surface area (Å²) in [5.74, 6) is -0.242. The number of carbonyl (C=O) groups excluding carboxylic acids is 1. The van der Waals surface area contributed by atoms with Crippen molar-refractivity contribution in [3.63, 3.8) is 0 Å². The first-order valence-corrected chi connectivity index (χ1v) is 9.60. The average Bonchev–Trinajstić information content (AvgIpc) is 3.18. The molecule has 2 aromatic heterocycles. The van der Waals surface area contributed by atoms with Crippen LogP contribution in [0.2, 0.25) is 0 Å². The molecule has 158 valence electrons. The highest BCUT2D eigenvalue weighted by atomic mass is 19.4. The van der Waals surface area contributed by atoms with E-state index in [1.807, 2.05) is 36.5 Å². The van der Waals surface area contributed by atoms with Gasteiger partial charge in [-0.15, -0.1) is 0 Å². The molecule has 0 aliphatic rings. The van der Waals surface area contributed by atoms with Gasteiger partial charge in [-0.25, -0.2) is 4.79 Å². The molecule has 1 atom stereocenters. The third-order valence-corrected chi connectivity index (χ3v) is 5.03. The predicted octanol–water partition coefficient (Wildman–Crippen LogP) is 5.54. The van der Waals surface area contributed by atoms with Crippen LogP contribution >= 0.6 is 0 Å². The van der Waals surface area contributed by atoms with Crippen LogP contribution in [0.4, 0.5) is 23.7 Å². The Hall–Kier alpha value is -3.81. The van der Waals surface area contributed by atoms with Gasteiger partial charge in [-0.05, 0) is 35.4 Å². The van der Waals surface area contributed by atoms with Gasteiger partial charge in [-0.3, -0.25) is 4.98 Å². The van der Waals surface area contributed by atoms with Crippen molar-refractivity contribution in [2.75, 3.05) is 11.9 Å². The Labute approximate surface area is 176 Å². The van der Waals surface area contributed by atoms with Gasteiger partial charge >= 0.3 is 12.2 Å². The van der Waals surface area contributed by atoms with Gasteiger partial charge in [0.05, 0.1) is 11.3 Å². The van der Waals surface area contributed by atoms with Crippen molar-refractivity contribution in [3.05, 3.63) is 95.9 Å². The monoisotopic (exact) mass is 424 g/mol. The maximum Gasteiger partial charge on any atom is 0.418 e. The molecule has 1 unspecified atom stereocenters. The lowest BCUT2D eigenvalue weighted by Crippen LogP contribution is -2.33. The summed E-state index contributed by atoms with van der Waals surface area (Å²) in [6.45, 7) is 0.174. The summed E-state index contributed by atoms with van der Waals surface area (Å²) >= 11 is 0. The molecule has 0 aliphatic heterocycles. The molecule has 2 heterocycles. The number of anilines is 1. The zero-order valence-corrected chi connectivity index (χ0v) is 16.3. The predicted molar refractivity (Wildman–Crippen MR) is 113 cm³/mol. The maximum absolute atomic E-state index is 13.2. The minimum absolute atomic E-state index is 0.174. The molecule has 0 spiro atoms. The quantitative estimate of drug-likeness (QED) is 0.394. The van der Waals surface area contributed by atoms with Crippen molar-refractivity contribution >= 4 is 22.6 Å². The zero-order valence-electron chi connectivity index (χ0n) is 16.3. The summed E-state index contributed by atoms with van der Waals surface area (Å²) in [5.41, 5.74) is 1.60. The molecule has 8 heteroatoms. The number of para-hydroxylation sites is 2. The number of fused-ring (bicyclic) bond motifs is 1. The third kappa shape index (κ3) is 4.53. The Morgan fingerprint density at radius 3 is 2.58 bits per heavy atom. The summed E-state index contributed by atoms with van der Waals surface area (Å²) < 4.78 is 39.6. The minimum Gasteiger partial charge on any atom is -0.361 e. The van der Waals surface area contributed by atoms with E-state index in [-0.39, 0.29) is 18.2 Å². The summed E-state index contributed by atoms with van der Waals surface area (Å²) in [6, 6.07) is 15.6. The lowest BCUT2D eigenvalue weighted by atomic mass is 9.92. The van der Waals surface area contributed by atoms with Crippen LogP contribution < -0.4 is 10.6 Å². The smallest absolute Gasteiger partial charge is 0.361 e. The number of amides is 2. The number of hydrogen-bond donors (Lipinski definition) is 3. The molecule has 0 saturated heterocycles. The van der Waals surface area contributed by atoms with Crippen molar-refractivity contribution in [1.29, 1.82) is 0 Å². The second kappa shape index (κ2) is 8.51. The summed E-state index contributed by atoms with van der Waals surface area (Å²) in [4.78, 5) is 19.8. The van der Waals surface area contributed by atoms with Crippen molar-refractivity contribution in [1.82, 2.24) is 15.3 Å². The number of alkyl halides is 3. The van der Waals surface area contributed by atoms with Gasteiger partial charge in [0, 0.05) is 42.0 Å². The fourth-order valence-electron chi connectivity index (χ4n) is 3.57. The van der Waals surface area contributed by atoms with E-state index in [1.54, 1.807) is 18.5 Å². The summed E-state index contributed by atoms with van der Waals surface area (Å²) in [7, 11) is 0. The van der Waals surface area contributed by atoms with Crippen molar-refractivity contribution < 1.29 is 18.0 Å². The van der Waals surface area contributed by atoms with Gasteiger partial charge < -0.3 is 15.6 Å². The number of halogens is 3. The molecule has 31 heavy (non-hydrogen) atoms. The van der Waals surface area contributed by atoms with E-state index >= 15 is 0 Å². The largest absolute Gasteiger partial charge is 0.418 e. The Morgan fingerprint density at radius 2 is 1.81 bits per heavy atom. The summed E-state index contributed by atoms with van der Waals surface area (Å²) in [6.07, 6.45) is 0.683. The van der Waals surface area contributed by atoms with E-state index in [0.29, 0.717) is 0 Å². The first-order chi connectivity index (χ1) is 14.9. The highest BCUT2D eigenvalue weighted by Gasteiger charge is 2.33. The summed E-state index contributed by atoms with van der Waals surface area (Å²) in [5, 5.41) is 6.02. The number of pyridine rings is 1. The fourth-order valence-corrected chi connectivity index (χ4v) is 3.57. The van der Waals surface area contributed by atoms with Crippen LogP contribution in [-0.4, -0.2) is 22.5 Å². The van der Waals surface area contributed by atoms with E-state index in [1.165, 1.54) is 18.2 Å². The van der Waals surface area contributed by atoms with Crippen LogP contribution in [0.5, 0.6) is 0 Å². The third-order valence-electron chi connectivity index (χ3n) is 5.03. The molecule has 0 fully saturated rings. The van der Waals surface area contributed by atoms with Crippen molar-refractivity contribution in [3.8, 4) is 0 Å². The molecule has 4 rings (SSSR count). The fraction of sp³-hybridized carbons (Fsp3) is 0.130. The normalized spacial score (nSPS) is 12.5. The molecule has 3 N–H and O–H groups in total. The number of nitrogens with one attached hydrogen (secondary N) is 3. The molecular weight excluding hydrogens is 405 g/mol. The van der Waals surface area contributed by atoms with Gasteiger partial charge in [0.25, 0.3) is 0 Å². The van der Waals surface area contributed by atoms with Crippen LogP contribution in [0.3, 0.4) is 0 Å². The molecule has 4 aromatic rings. The number of aromatic amines is 1. The van der Waals surface area contributed by atoms with Gasteiger partial charge in [-0.1, -0.05) is 36.4 Å². The first kappa shape index (κ1) is 20.5. The van der Waals surface area contributed by atoms with E-state index in [4.69, 9.17) is 0 Å². The first-order valence-electron chi connectivity index (χ1n) is 9.60. The highest BCUT2D eigenvalue weighted by Crippen LogP contribution is 2.34. The number of urea groups is 1. The van der Waals surface area contributed by atoms with Crippen LogP contribution in [0, 0.1) is 0 Å². The Morgan fingerprint density at radius 1 is 1.03 bits per heavy atom. The molecule has 2 aromatic carbocycles.